The molecule has 1 aromatic heterocycles. The molecule has 1 unspecified atom stereocenters. The number of nitrogens with zero attached hydrogens (tertiary/aromatic N) is 2. The van der Waals surface area contributed by atoms with Crippen molar-refractivity contribution in [1.29, 1.82) is 0 Å². The van der Waals surface area contributed by atoms with Gasteiger partial charge in [-0.3, -0.25) is 9.48 Å². The van der Waals surface area contributed by atoms with Crippen molar-refractivity contribution in [2.24, 2.45) is 0 Å². The SMILES string of the molecule is CNC(C)(CCCn1ccc(C(F)(F)F)n1)C(=O)O. The molecule has 0 fully saturated rings. The van der Waals surface area contributed by atoms with Gasteiger partial charge < -0.3 is 10.4 Å². The Morgan fingerprint density at radius 3 is 2.58 bits per heavy atom. The van der Waals surface area contributed by atoms with Crippen LogP contribution in [-0.4, -0.2) is 33.4 Å². The molecule has 0 saturated carbocycles. The smallest absolute Gasteiger partial charge is 0.435 e. The summed E-state index contributed by atoms with van der Waals surface area (Å²) < 4.78 is 38.1. The molecule has 1 rings (SSSR count). The van der Waals surface area contributed by atoms with E-state index in [1.54, 1.807) is 0 Å². The van der Waals surface area contributed by atoms with Crippen LogP contribution < -0.4 is 5.32 Å². The zero-order valence-electron chi connectivity index (χ0n) is 10.7. The zero-order valence-corrected chi connectivity index (χ0v) is 10.7. The van der Waals surface area contributed by atoms with Gasteiger partial charge in [0.2, 0.25) is 0 Å². The van der Waals surface area contributed by atoms with E-state index in [-0.39, 0.29) is 6.54 Å². The first-order valence-corrected chi connectivity index (χ1v) is 5.72. The number of carboxylic acids is 1. The van der Waals surface area contributed by atoms with Crippen LogP contribution in [0.3, 0.4) is 0 Å². The lowest BCUT2D eigenvalue weighted by molar-refractivity contribution is -0.144. The predicted octanol–water partition coefficient (Wildman–Crippen LogP) is 1.74. The molecule has 19 heavy (non-hydrogen) atoms. The summed E-state index contributed by atoms with van der Waals surface area (Å²) in [7, 11) is 1.53. The largest absolute Gasteiger partial charge is 0.480 e. The number of aryl methyl sites for hydroxylation is 1. The number of hydrogen-bond donors (Lipinski definition) is 2. The van der Waals surface area contributed by atoms with Crippen LogP contribution in [0.5, 0.6) is 0 Å². The van der Waals surface area contributed by atoms with Gasteiger partial charge in [0.1, 0.15) is 5.54 Å². The second kappa shape index (κ2) is 5.60. The predicted molar refractivity (Wildman–Crippen MR) is 61.6 cm³/mol. The molecule has 2 N–H and O–H groups in total. The third kappa shape index (κ3) is 3.95. The topological polar surface area (TPSA) is 67.2 Å². The average molecular weight is 279 g/mol. The first kappa shape index (κ1) is 15.5. The highest BCUT2D eigenvalue weighted by Gasteiger charge is 2.34. The van der Waals surface area contributed by atoms with Crippen molar-refractivity contribution >= 4 is 5.97 Å². The highest BCUT2D eigenvalue weighted by atomic mass is 19.4. The molecule has 108 valence electrons. The van der Waals surface area contributed by atoms with Gasteiger partial charge in [-0.05, 0) is 32.9 Å². The van der Waals surface area contributed by atoms with Crippen molar-refractivity contribution in [3.8, 4) is 0 Å². The van der Waals surface area contributed by atoms with E-state index >= 15 is 0 Å². The van der Waals surface area contributed by atoms with E-state index in [0.717, 1.165) is 6.07 Å². The van der Waals surface area contributed by atoms with Crippen LogP contribution in [0, 0.1) is 0 Å². The summed E-state index contributed by atoms with van der Waals surface area (Å²) >= 11 is 0. The maximum absolute atomic E-state index is 12.3. The van der Waals surface area contributed by atoms with E-state index in [4.69, 9.17) is 5.11 Å². The Morgan fingerprint density at radius 2 is 2.16 bits per heavy atom. The van der Waals surface area contributed by atoms with E-state index in [2.05, 4.69) is 10.4 Å². The number of carbonyl (C=O) groups is 1. The second-order valence-corrected chi connectivity index (χ2v) is 4.45. The first-order chi connectivity index (χ1) is 8.69. The van der Waals surface area contributed by atoms with Crippen molar-refractivity contribution in [2.45, 2.75) is 38.0 Å². The molecule has 0 aromatic carbocycles. The van der Waals surface area contributed by atoms with Gasteiger partial charge in [0, 0.05) is 12.7 Å². The molecular formula is C11H16F3N3O2. The number of halogens is 3. The van der Waals surface area contributed by atoms with E-state index in [9.17, 15) is 18.0 Å². The van der Waals surface area contributed by atoms with Gasteiger partial charge in [0.25, 0.3) is 0 Å². The fourth-order valence-corrected chi connectivity index (χ4v) is 1.57. The third-order valence-corrected chi connectivity index (χ3v) is 3.02. The number of hydrogen-bond acceptors (Lipinski definition) is 3. The van der Waals surface area contributed by atoms with E-state index in [1.165, 1.54) is 24.9 Å². The lowest BCUT2D eigenvalue weighted by Crippen LogP contribution is -2.47. The summed E-state index contributed by atoms with van der Waals surface area (Å²) in [5.74, 6) is -0.994. The number of carboxylic acid groups (broad SMARTS) is 1. The van der Waals surface area contributed by atoms with E-state index in [0.29, 0.717) is 12.8 Å². The standard InChI is InChI=1S/C11H16F3N3O2/c1-10(15-2,9(18)19)5-3-6-17-7-4-8(16-17)11(12,13)14/h4,7,15H,3,5-6H2,1-2H3,(H,18,19). The van der Waals surface area contributed by atoms with Crippen LogP contribution in [0.2, 0.25) is 0 Å². The quantitative estimate of drug-likeness (QED) is 0.832. The maximum Gasteiger partial charge on any atom is 0.435 e. The van der Waals surface area contributed by atoms with Crippen molar-refractivity contribution in [2.75, 3.05) is 7.05 Å². The molecule has 0 saturated heterocycles. The summed E-state index contributed by atoms with van der Waals surface area (Å²) in [6.07, 6.45) is -2.52. The number of rotatable bonds is 6. The van der Waals surface area contributed by atoms with Crippen LogP contribution in [-0.2, 0) is 17.5 Å². The summed E-state index contributed by atoms with van der Waals surface area (Å²) in [6, 6.07) is 0.897. The van der Waals surface area contributed by atoms with Crippen molar-refractivity contribution in [3.63, 3.8) is 0 Å². The Hall–Kier alpha value is -1.57. The molecule has 0 aliphatic rings. The summed E-state index contributed by atoms with van der Waals surface area (Å²) in [5.41, 5.74) is -2.03. The zero-order chi connectivity index (χ0) is 14.7. The molecule has 1 heterocycles. The van der Waals surface area contributed by atoms with Gasteiger partial charge in [-0.1, -0.05) is 0 Å². The summed E-state index contributed by atoms with van der Waals surface area (Å²) in [5, 5.41) is 15.1. The molecule has 1 atom stereocenters. The second-order valence-electron chi connectivity index (χ2n) is 4.45. The van der Waals surface area contributed by atoms with E-state index in [1.807, 2.05) is 0 Å². The minimum Gasteiger partial charge on any atom is -0.480 e. The Balaban J connectivity index is 2.54. The molecule has 8 heteroatoms. The van der Waals surface area contributed by atoms with Gasteiger partial charge >= 0.3 is 12.1 Å². The van der Waals surface area contributed by atoms with Gasteiger partial charge in [0.05, 0.1) is 0 Å². The molecule has 0 amide bonds. The minimum atomic E-state index is -4.45. The summed E-state index contributed by atoms with van der Waals surface area (Å²) in [6.45, 7) is 1.76. The molecule has 1 aromatic rings. The monoisotopic (exact) mass is 279 g/mol. The number of aromatic nitrogens is 2. The van der Waals surface area contributed by atoms with Crippen LogP contribution in [0.25, 0.3) is 0 Å². The number of nitrogens with one attached hydrogen (secondary N) is 1. The van der Waals surface area contributed by atoms with Crippen molar-refractivity contribution < 1.29 is 23.1 Å². The molecule has 5 nitrogen and oxygen atoms in total. The number of alkyl halides is 3. The average Bonchev–Trinajstić information content (AvgIpc) is 2.77. The highest BCUT2D eigenvalue weighted by molar-refractivity contribution is 5.78. The van der Waals surface area contributed by atoms with Crippen LogP contribution in [0.1, 0.15) is 25.5 Å². The molecular weight excluding hydrogens is 263 g/mol. The van der Waals surface area contributed by atoms with Crippen molar-refractivity contribution in [3.05, 3.63) is 18.0 Å². The number of likely N-dealkylation sites (N-methyl/N-ethyl adjacent to an activating group) is 1. The first-order valence-electron chi connectivity index (χ1n) is 5.72. The highest BCUT2D eigenvalue weighted by Crippen LogP contribution is 2.27. The van der Waals surface area contributed by atoms with Crippen molar-refractivity contribution in [1.82, 2.24) is 15.1 Å². The normalized spacial score (nSPS) is 15.2. The van der Waals surface area contributed by atoms with Gasteiger partial charge in [-0.15, -0.1) is 0 Å². The Labute approximate surface area is 108 Å². The van der Waals surface area contributed by atoms with E-state index < -0.39 is 23.4 Å². The molecule has 0 radical (unpaired) electrons. The van der Waals surface area contributed by atoms with Crippen LogP contribution in [0.4, 0.5) is 13.2 Å². The minimum absolute atomic E-state index is 0.237. The number of aliphatic carboxylic acids is 1. The molecule has 0 spiro atoms. The Kier molecular flexibility index (Phi) is 4.56. The van der Waals surface area contributed by atoms with Gasteiger partial charge in [0.15, 0.2) is 5.69 Å². The molecule has 0 bridgehead atoms. The third-order valence-electron chi connectivity index (χ3n) is 3.02. The lowest BCUT2D eigenvalue weighted by Gasteiger charge is -2.23. The maximum atomic E-state index is 12.3. The fourth-order valence-electron chi connectivity index (χ4n) is 1.57. The van der Waals surface area contributed by atoms with Crippen LogP contribution in [0.15, 0.2) is 12.3 Å². The fraction of sp³-hybridized carbons (Fsp3) is 0.636. The van der Waals surface area contributed by atoms with Gasteiger partial charge in [-0.2, -0.15) is 18.3 Å². The van der Waals surface area contributed by atoms with Crippen LogP contribution >= 0.6 is 0 Å². The lowest BCUT2D eigenvalue weighted by atomic mass is 9.96. The summed E-state index contributed by atoms with van der Waals surface area (Å²) in [4.78, 5) is 11.0. The molecule has 0 aliphatic heterocycles. The molecule has 0 aliphatic carbocycles. The van der Waals surface area contributed by atoms with Gasteiger partial charge in [-0.25, -0.2) is 0 Å². The Morgan fingerprint density at radius 1 is 1.53 bits per heavy atom. The Bertz CT molecular complexity index is 445.